The highest BCUT2D eigenvalue weighted by molar-refractivity contribution is 5.99. The summed E-state index contributed by atoms with van der Waals surface area (Å²) in [7, 11) is 0. The maximum atomic E-state index is 13.2. The minimum atomic E-state index is -0.298. The SMILES string of the molecule is CCN1CCN(C(=O)CC2(N3Cc4ccccc4C3=O)CCCCC2)CC1. The van der Waals surface area contributed by atoms with Gasteiger partial charge in [-0.3, -0.25) is 9.59 Å². The number of hydrogen-bond acceptors (Lipinski definition) is 3. The molecule has 1 aromatic rings. The van der Waals surface area contributed by atoms with E-state index in [1.54, 1.807) is 0 Å². The monoisotopic (exact) mass is 369 g/mol. The van der Waals surface area contributed by atoms with E-state index >= 15 is 0 Å². The Morgan fingerprint density at radius 2 is 1.74 bits per heavy atom. The Kier molecular flexibility index (Phi) is 5.22. The summed E-state index contributed by atoms with van der Waals surface area (Å²) in [6.07, 6.45) is 5.81. The number of fused-ring (bicyclic) bond motifs is 1. The lowest BCUT2D eigenvalue weighted by Crippen LogP contribution is -2.55. The van der Waals surface area contributed by atoms with Crippen molar-refractivity contribution in [2.75, 3.05) is 32.7 Å². The first-order valence-corrected chi connectivity index (χ1v) is 10.5. The molecule has 0 radical (unpaired) electrons. The van der Waals surface area contributed by atoms with Crippen molar-refractivity contribution in [3.05, 3.63) is 35.4 Å². The van der Waals surface area contributed by atoms with Gasteiger partial charge in [0, 0.05) is 38.3 Å². The van der Waals surface area contributed by atoms with Gasteiger partial charge in [0.25, 0.3) is 5.91 Å². The van der Waals surface area contributed by atoms with E-state index < -0.39 is 0 Å². The minimum absolute atomic E-state index is 0.121. The molecule has 5 heteroatoms. The lowest BCUT2D eigenvalue weighted by atomic mass is 9.77. The molecule has 146 valence electrons. The molecule has 3 aliphatic rings. The first-order chi connectivity index (χ1) is 13.1. The summed E-state index contributed by atoms with van der Waals surface area (Å²) in [6.45, 7) is 7.43. The second-order valence-corrected chi connectivity index (χ2v) is 8.33. The molecular formula is C22H31N3O2. The predicted octanol–water partition coefficient (Wildman–Crippen LogP) is 2.90. The van der Waals surface area contributed by atoms with Crippen LogP contribution in [0.25, 0.3) is 0 Å². The van der Waals surface area contributed by atoms with Crippen molar-refractivity contribution >= 4 is 11.8 Å². The zero-order valence-electron chi connectivity index (χ0n) is 16.5. The van der Waals surface area contributed by atoms with Crippen LogP contribution in [-0.4, -0.2) is 64.8 Å². The maximum absolute atomic E-state index is 13.2. The van der Waals surface area contributed by atoms with Gasteiger partial charge in [0.1, 0.15) is 0 Å². The van der Waals surface area contributed by atoms with Gasteiger partial charge in [-0.25, -0.2) is 0 Å². The van der Waals surface area contributed by atoms with Crippen LogP contribution in [-0.2, 0) is 11.3 Å². The number of nitrogens with zero attached hydrogens (tertiary/aromatic N) is 3. The molecule has 27 heavy (non-hydrogen) atoms. The number of benzene rings is 1. The molecule has 2 heterocycles. The van der Waals surface area contributed by atoms with E-state index in [9.17, 15) is 9.59 Å². The van der Waals surface area contributed by atoms with Crippen molar-refractivity contribution in [1.29, 1.82) is 0 Å². The Morgan fingerprint density at radius 3 is 2.41 bits per heavy atom. The number of hydrogen-bond donors (Lipinski definition) is 0. The fourth-order valence-corrected chi connectivity index (χ4v) is 5.10. The quantitative estimate of drug-likeness (QED) is 0.820. The van der Waals surface area contributed by atoms with Gasteiger partial charge in [-0.1, -0.05) is 44.4 Å². The third-order valence-corrected chi connectivity index (χ3v) is 6.83. The second kappa shape index (κ2) is 7.63. The van der Waals surface area contributed by atoms with Gasteiger partial charge in [0.15, 0.2) is 0 Å². The van der Waals surface area contributed by atoms with E-state index in [0.717, 1.165) is 69.5 Å². The van der Waals surface area contributed by atoms with Crippen LogP contribution in [0.3, 0.4) is 0 Å². The number of amides is 2. The van der Waals surface area contributed by atoms with Gasteiger partial charge in [-0.2, -0.15) is 0 Å². The third-order valence-electron chi connectivity index (χ3n) is 6.83. The van der Waals surface area contributed by atoms with Crippen LogP contribution >= 0.6 is 0 Å². The van der Waals surface area contributed by atoms with Crippen LogP contribution in [0.1, 0.15) is 61.4 Å². The summed E-state index contributed by atoms with van der Waals surface area (Å²) in [5, 5.41) is 0. The fraction of sp³-hybridized carbons (Fsp3) is 0.636. The standard InChI is InChI=1S/C22H31N3O2/c1-2-23-12-14-24(15-13-23)20(26)16-22(10-6-3-7-11-22)25-17-18-8-4-5-9-19(18)21(25)27/h4-5,8-9H,2-3,6-7,10-17H2,1H3. The molecule has 1 aromatic carbocycles. The summed E-state index contributed by atoms with van der Waals surface area (Å²) in [5.74, 6) is 0.354. The molecule has 0 bridgehead atoms. The topological polar surface area (TPSA) is 43.9 Å². The molecule has 4 rings (SSSR count). The van der Waals surface area contributed by atoms with E-state index in [0.29, 0.717) is 13.0 Å². The first kappa shape index (κ1) is 18.5. The number of likely N-dealkylation sites (N-methyl/N-ethyl adjacent to an activating group) is 1. The van der Waals surface area contributed by atoms with Gasteiger partial charge in [-0.15, -0.1) is 0 Å². The largest absolute Gasteiger partial charge is 0.340 e. The van der Waals surface area contributed by atoms with Crippen molar-refractivity contribution in [2.45, 2.75) is 57.5 Å². The molecule has 0 N–H and O–H groups in total. The predicted molar refractivity (Wildman–Crippen MR) is 105 cm³/mol. The number of carbonyl (C=O) groups excluding carboxylic acids is 2. The van der Waals surface area contributed by atoms with Crippen molar-refractivity contribution in [1.82, 2.24) is 14.7 Å². The third kappa shape index (κ3) is 3.49. The van der Waals surface area contributed by atoms with E-state index in [1.807, 2.05) is 28.0 Å². The van der Waals surface area contributed by atoms with E-state index in [1.165, 1.54) is 6.42 Å². The molecule has 2 fully saturated rings. The minimum Gasteiger partial charge on any atom is -0.340 e. The normalized spacial score (nSPS) is 22.8. The molecule has 0 spiro atoms. The summed E-state index contributed by atoms with van der Waals surface area (Å²) < 4.78 is 0. The second-order valence-electron chi connectivity index (χ2n) is 8.33. The van der Waals surface area contributed by atoms with Crippen LogP contribution in [0.5, 0.6) is 0 Å². The molecule has 1 aliphatic carbocycles. The summed E-state index contributed by atoms with van der Waals surface area (Å²) in [6, 6.07) is 7.92. The molecule has 0 unspecified atom stereocenters. The Balaban J connectivity index is 1.52. The van der Waals surface area contributed by atoms with Gasteiger partial charge >= 0.3 is 0 Å². The summed E-state index contributed by atoms with van der Waals surface area (Å²) in [5.41, 5.74) is 1.63. The zero-order chi connectivity index (χ0) is 18.9. The van der Waals surface area contributed by atoms with Crippen LogP contribution in [0.4, 0.5) is 0 Å². The lowest BCUT2D eigenvalue weighted by molar-refractivity contribution is -0.136. The van der Waals surface area contributed by atoms with Crippen LogP contribution < -0.4 is 0 Å². The van der Waals surface area contributed by atoms with Crippen LogP contribution in [0, 0.1) is 0 Å². The Hall–Kier alpha value is -1.88. The summed E-state index contributed by atoms with van der Waals surface area (Å²) in [4.78, 5) is 32.8. The Morgan fingerprint density at radius 1 is 1.04 bits per heavy atom. The van der Waals surface area contributed by atoms with E-state index in [-0.39, 0.29) is 17.4 Å². The smallest absolute Gasteiger partial charge is 0.254 e. The molecule has 0 atom stereocenters. The molecule has 1 saturated carbocycles. The van der Waals surface area contributed by atoms with Gasteiger partial charge in [0.2, 0.25) is 5.91 Å². The molecule has 5 nitrogen and oxygen atoms in total. The highest BCUT2D eigenvalue weighted by atomic mass is 16.2. The zero-order valence-corrected chi connectivity index (χ0v) is 16.5. The lowest BCUT2D eigenvalue weighted by Gasteiger charge is -2.45. The van der Waals surface area contributed by atoms with Crippen LogP contribution in [0.2, 0.25) is 0 Å². The fourth-order valence-electron chi connectivity index (χ4n) is 5.10. The van der Waals surface area contributed by atoms with Gasteiger partial charge in [0.05, 0.1) is 12.0 Å². The van der Waals surface area contributed by atoms with Gasteiger partial charge in [-0.05, 0) is 31.0 Å². The first-order valence-electron chi connectivity index (χ1n) is 10.5. The number of piperazine rings is 1. The van der Waals surface area contributed by atoms with Crippen molar-refractivity contribution in [3.63, 3.8) is 0 Å². The highest BCUT2D eigenvalue weighted by Crippen LogP contribution is 2.41. The Bertz CT molecular complexity index is 703. The van der Waals surface area contributed by atoms with Gasteiger partial charge < -0.3 is 14.7 Å². The molecule has 2 amide bonds. The number of carbonyl (C=O) groups is 2. The highest BCUT2D eigenvalue weighted by Gasteiger charge is 2.46. The van der Waals surface area contributed by atoms with Crippen molar-refractivity contribution in [2.24, 2.45) is 0 Å². The average molecular weight is 370 g/mol. The summed E-state index contributed by atoms with van der Waals surface area (Å²) >= 11 is 0. The van der Waals surface area contributed by atoms with Crippen molar-refractivity contribution in [3.8, 4) is 0 Å². The molecule has 1 saturated heterocycles. The van der Waals surface area contributed by atoms with E-state index in [4.69, 9.17) is 0 Å². The maximum Gasteiger partial charge on any atom is 0.254 e. The number of rotatable bonds is 4. The molecular weight excluding hydrogens is 338 g/mol. The molecule has 0 aromatic heterocycles. The van der Waals surface area contributed by atoms with Crippen LogP contribution in [0.15, 0.2) is 24.3 Å². The Labute approximate surface area is 162 Å². The molecule has 2 aliphatic heterocycles. The van der Waals surface area contributed by atoms with E-state index in [2.05, 4.69) is 17.9 Å². The van der Waals surface area contributed by atoms with Crippen molar-refractivity contribution < 1.29 is 9.59 Å². The average Bonchev–Trinajstić information content (AvgIpc) is 3.06.